The average Bonchev–Trinajstić information content (AvgIpc) is 2.97. The summed E-state index contributed by atoms with van der Waals surface area (Å²) in [6.45, 7) is 9.25. The van der Waals surface area contributed by atoms with Crippen molar-refractivity contribution >= 4 is 46.6 Å². The van der Waals surface area contributed by atoms with Gasteiger partial charge < -0.3 is 24.8 Å². The maximum Gasteiger partial charge on any atom is 0.416 e. The number of fused-ring (bicyclic) bond motifs is 1. The molecular weight excluding hydrogens is 579 g/mol. The van der Waals surface area contributed by atoms with Crippen LogP contribution in [0.2, 0.25) is 5.02 Å². The van der Waals surface area contributed by atoms with Crippen molar-refractivity contribution in [2.24, 2.45) is 0 Å². The van der Waals surface area contributed by atoms with Gasteiger partial charge in [0.1, 0.15) is 23.8 Å². The number of carbonyl (C=O) groups is 2. The molecule has 3 aromatic rings. The molecule has 228 valence electrons. The molecule has 2 aliphatic rings. The molecule has 43 heavy (non-hydrogen) atoms. The maximum absolute atomic E-state index is 15.0. The summed E-state index contributed by atoms with van der Waals surface area (Å²) < 4.78 is 31.9. The zero-order valence-corrected chi connectivity index (χ0v) is 25.0. The number of benzene rings is 1. The molecule has 4 heterocycles. The van der Waals surface area contributed by atoms with Crippen molar-refractivity contribution in [3.63, 3.8) is 0 Å². The van der Waals surface area contributed by atoms with Crippen LogP contribution in [-0.2, 0) is 14.3 Å². The Morgan fingerprint density at radius 3 is 2.65 bits per heavy atom. The number of rotatable bonds is 7. The number of pyridine rings is 2. The van der Waals surface area contributed by atoms with Crippen LogP contribution in [0.4, 0.5) is 32.2 Å². The van der Waals surface area contributed by atoms with Gasteiger partial charge in [0.15, 0.2) is 11.6 Å². The van der Waals surface area contributed by atoms with Crippen LogP contribution >= 0.6 is 11.6 Å². The molecule has 0 atom stereocenters. The van der Waals surface area contributed by atoms with Crippen molar-refractivity contribution in [3.05, 3.63) is 53.4 Å². The Kier molecular flexibility index (Phi) is 9.28. The Balaban J connectivity index is 1.43. The number of nitrogens with one attached hydrogen (secondary N) is 2. The van der Waals surface area contributed by atoms with E-state index in [0.29, 0.717) is 48.4 Å². The molecule has 2 N–H and O–H groups in total. The summed E-state index contributed by atoms with van der Waals surface area (Å²) in [6.07, 6.45) is 1.27. The van der Waals surface area contributed by atoms with E-state index in [0.717, 1.165) is 13.1 Å². The lowest BCUT2D eigenvalue weighted by atomic mass is 10.1. The summed E-state index contributed by atoms with van der Waals surface area (Å²) in [5.41, 5.74) is 0.626. The first-order valence-corrected chi connectivity index (χ1v) is 14.4. The van der Waals surface area contributed by atoms with Crippen molar-refractivity contribution in [2.75, 3.05) is 61.5 Å². The minimum Gasteiger partial charge on any atom is -0.486 e. The highest BCUT2D eigenvalue weighted by Gasteiger charge is 2.32. The van der Waals surface area contributed by atoms with E-state index in [2.05, 4.69) is 25.5 Å². The lowest BCUT2D eigenvalue weighted by Gasteiger charge is -2.32. The number of morpholine rings is 1. The Morgan fingerprint density at radius 2 is 1.88 bits per heavy atom. The van der Waals surface area contributed by atoms with Gasteiger partial charge >= 0.3 is 6.09 Å². The number of amides is 2. The SMILES string of the molecule is CC(C)(C)OC(=O)N1CCOc2c(Nc3ccnc(NC(=O)CCN4CCOCC4)c3)cc(-c3cc(Cl)ccc3F)nc21. The number of hydrogen-bond acceptors (Lipinski definition) is 9. The minimum absolute atomic E-state index is 0.149. The summed E-state index contributed by atoms with van der Waals surface area (Å²) in [5, 5.41) is 6.44. The Bertz CT molecular complexity index is 1490. The van der Waals surface area contributed by atoms with Crippen molar-refractivity contribution in [2.45, 2.75) is 32.8 Å². The van der Waals surface area contributed by atoms with E-state index in [-0.39, 0.29) is 41.9 Å². The molecule has 1 aromatic carbocycles. The van der Waals surface area contributed by atoms with Crippen LogP contribution in [0.1, 0.15) is 27.2 Å². The molecular formula is C30H34ClFN6O5. The lowest BCUT2D eigenvalue weighted by molar-refractivity contribution is -0.116. The molecule has 0 radical (unpaired) electrons. The van der Waals surface area contributed by atoms with Gasteiger partial charge in [-0.3, -0.25) is 14.6 Å². The first-order valence-electron chi connectivity index (χ1n) is 14.0. The van der Waals surface area contributed by atoms with Crippen LogP contribution in [0, 0.1) is 5.82 Å². The van der Waals surface area contributed by atoms with Crippen molar-refractivity contribution in [1.82, 2.24) is 14.9 Å². The summed E-state index contributed by atoms with van der Waals surface area (Å²) in [7, 11) is 0. The summed E-state index contributed by atoms with van der Waals surface area (Å²) in [4.78, 5) is 38.2. The Morgan fingerprint density at radius 1 is 1.09 bits per heavy atom. The fourth-order valence-corrected chi connectivity index (χ4v) is 4.80. The molecule has 5 rings (SSSR count). The summed E-state index contributed by atoms with van der Waals surface area (Å²) in [5.74, 6) is 0.126. The molecule has 13 heteroatoms. The number of aromatic nitrogens is 2. The van der Waals surface area contributed by atoms with Gasteiger partial charge in [0, 0.05) is 54.6 Å². The molecule has 11 nitrogen and oxygen atoms in total. The molecule has 2 aromatic heterocycles. The van der Waals surface area contributed by atoms with E-state index in [9.17, 15) is 14.0 Å². The third kappa shape index (κ3) is 7.89. The zero-order chi connectivity index (χ0) is 30.6. The number of halogens is 2. The summed E-state index contributed by atoms with van der Waals surface area (Å²) >= 11 is 6.19. The van der Waals surface area contributed by atoms with Gasteiger partial charge in [0.05, 0.1) is 31.1 Å². The molecule has 0 bridgehead atoms. The maximum atomic E-state index is 15.0. The van der Waals surface area contributed by atoms with Gasteiger partial charge in [-0.2, -0.15) is 0 Å². The largest absolute Gasteiger partial charge is 0.486 e. The van der Waals surface area contributed by atoms with Gasteiger partial charge in [-0.1, -0.05) is 11.6 Å². The highest BCUT2D eigenvalue weighted by molar-refractivity contribution is 6.30. The van der Waals surface area contributed by atoms with E-state index in [1.807, 2.05) is 0 Å². The van der Waals surface area contributed by atoms with E-state index in [1.165, 1.54) is 23.1 Å². The Hall–Kier alpha value is -4.00. The van der Waals surface area contributed by atoms with E-state index in [1.54, 1.807) is 45.2 Å². The van der Waals surface area contributed by atoms with Gasteiger partial charge in [0.2, 0.25) is 5.91 Å². The minimum atomic E-state index is -0.743. The quantitative estimate of drug-likeness (QED) is 0.358. The fraction of sp³-hybridized carbons (Fsp3) is 0.400. The molecule has 1 fully saturated rings. The van der Waals surface area contributed by atoms with Gasteiger partial charge in [0.25, 0.3) is 0 Å². The second kappa shape index (κ2) is 13.1. The van der Waals surface area contributed by atoms with Crippen LogP contribution < -0.4 is 20.3 Å². The highest BCUT2D eigenvalue weighted by Crippen LogP contribution is 2.42. The third-order valence-corrected chi connectivity index (χ3v) is 6.89. The smallest absolute Gasteiger partial charge is 0.416 e. The molecule has 0 aliphatic carbocycles. The average molecular weight is 613 g/mol. The molecule has 1 saturated heterocycles. The van der Waals surface area contributed by atoms with Crippen LogP contribution in [-0.4, -0.2) is 78.5 Å². The van der Waals surface area contributed by atoms with E-state index < -0.39 is 17.5 Å². The number of anilines is 4. The number of ether oxygens (including phenoxy) is 3. The fourth-order valence-electron chi connectivity index (χ4n) is 4.63. The number of carbonyl (C=O) groups excluding carboxylic acids is 2. The first-order chi connectivity index (χ1) is 20.6. The molecule has 0 unspecified atom stereocenters. The number of nitrogens with zero attached hydrogens (tertiary/aromatic N) is 4. The van der Waals surface area contributed by atoms with Gasteiger partial charge in [-0.25, -0.2) is 19.2 Å². The predicted molar refractivity (Wildman–Crippen MR) is 162 cm³/mol. The Labute approximate surface area is 254 Å². The summed E-state index contributed by atoms with van der Waals surface area (Å²) in [6, 6.07) is 9.17. The van der Waals surface area contributed by atoms with Crippen molar-refractivity contribution < 1.29 is 28.2 Å². The van der Waals surface area contributed by atoms with Crippen LogP contribution in [0.15, 0.2) is 42.6 Å². The second-order valence-electron chi connectivity index (χ2n) is 11.1. The topological polar surface area (TPSA) is 118 Å². The monoisotopic (exact) mass is 612 g/mol. The second-order valence-corrected chi connectivity index (χ2v) is 11.6. The van der Waals surface area contributed by atoms with Crippen molar-refractivity contribution in [1.29, 1.82) is 0 Å². The molecule has 2 aliphatic heterocycles. The highest BCUT2D eigenvalue weighted by atomic mass is 35.5. The number of hydrogen-bond donors (Lipinski definition) is 2. The van der Waals surface area contributed by atoms with Gasteiger partial charge in [-0.15, -0.1) is 0 Å². The van der Waals surface area contributed by atoms with E-state index >= 15 is 0 Å². The van der Waals surface area contributed by atoms with Crippen LogP contribution in [0.5, 0.6) is 5.75 Å². The van der Waals surface area contributed by atoms with Crippen molar-refractivity contribution in [3.8, 4) is 17.0 Å². The van der Waals surface area contributed by atoms with Gasteiger partial charge in [-0.05, 0) is 51.1 Å². The normalized spacial score (nSPS) is 15.3. The first kappa shape index (κ1) is 30.5. The third-order valence-electron chi connectivity index (χ3n) is 6.66. The zero-order valence-electron chi connectivity index (χ0n) is 24.3. The molecule has 2 amide bonds. The molecule has 0 spiro atoms. The lowest BCUT2D eigenvalue weighted by Crippen LogP contribution is -2.42. The standard InChI is InChI=1S/C30H34ClFN6O5/c1-30(2,3)43-29(40)38-12-15-42-27-24(18-23(35-28(27)38)21-16-19(31)4-5-22(21)32)34-20-6-8-33-25(17-20)36-26(39)7-9-37-10-13-41-14-11-37/h4-6,8,16-18H,7,9-15H2,1-3H3,(H2,33,34,35,36,39). The predicted octanol–water partition coefficient (Wildman–Crippen LogP) is 5.47. The van der Waals surface area contributed by atoms with E-state index in [4.69, 9.17) is 25.8 Å². The molecule has 0 saturated carbocycles. The van der Waals surface area contributed by atoms with Crippen LogP contribution in [0.3, 0.4) is 0 Å². The van der Waals surface area contributed by atoms with Crippen LogP contribution in [0.25, 0.3) is 11.3 Å².